The van der Waals surface area contributed by atoms with Crippen molar-refractivity contribution in [1.29, 1.82) is 0 Å². The fourth-order valence-corrected chi connectivity index (χ4v) is 5.48. The van der Waals surface area contributed by atoms with Crippen molar-refractivity contribution in [3.8, 4) is 0 Å². The van der Waals surface area contributed by atoms with Crippen LogP contribution in [0, 0.1) is 0 Å². The summed E-state index contributed by atoms with van der Waals surface area (Å²) in [7, 11) is 0. The van der Waals surface area contributed by atoms with Crippen LogP contribution in [0.1, 0.15) is 15.3 Å². The van der Waals surface area contributed by atoms with Gasteiger partial charge in [-0.25, -0.2) is 0 Å². The van der Waals surface area contributed by atoms with Crippen molar-refractivity contribution >= 4 is 69.9 Å². The molecule has 3 aromatic rings. The Morgan fingerprint density at radius 1 is 0.842 bits per heavy atom. The predicted octanol–water partition coefficient (Wildman–Crippen LogP) is 6.91. The van der Waals surface area contributed by atoms with Crippen LogP contribution in [0.5, 0.6) is 0 Å². The summed E-state index contributed by atoms with van der Waals surface area (Å²) in [4.78, 5) is 1.51. The van der Waals surface area contributed by atoms with Crippen molar-refractivity contribution in [2.75, 3.05) is 0 Å². The molecule has 4 heteroatoms. The molecule has 0 fully saturated rings. The molecule has 1 atom stereocenters. The van der Waals surface area contributed by atoms with E-state index in [0.717, 1.165) is 8.95 Å². The third-order valence-corrected chi connectivity index (χ3v) is 6.93. The maximum Gasteiger partial charge on any atom is 0.0755 e. The summed E-state index contributed by atoms with van der Waals surface area (Å²) in [6.45, 7) is 0. The molecule has 0 aliphatic carbocycles. The molecule has 3 rings (SSSR count). The molecule has 0 saturated carbocycles. The summed E-state index contributed by atoms with van der Waals surface area (Å²) in [6, 6.07) is 14.9. The second kappa shape index (κ2) is 5.68. The number of thiophene rings is 1. The lowest BCUT2D eigenvalue weighted by molar-refractivity contribution is 1.24. The van der Waals surface area contributed by atoms with Crippen molar-refractivity contribution in [2.45, 2.75) is 4.83 Å². The van der Waals surface area contributed by atoms with Crippen molar-refractivity contribution in [1.82, 2.24) is 0 Å². The molecule has 0 radical (unpaired) electrons. The fraction of sp³-hybridized carbons (Fsp3) is 0.0667. The Kier molecular flexibility index (Phi) is 4.13. The van der Waals surface area contributed by atoms with Crippen molar-refractivity contribution < 1.29 is 0 Å². The first kappa shape index (κ1) is 13.8. The predicted molar refractivity (Wildman–Crippen MR) is 94.4 cm³/mol. The molecule has 1 aromatic heterocycles. The standard InChI is InChI=1S/C15H9Br3S/c16-12-6-5-11(9-3-1-2-4-10(9)12)14(18)15-13(17)7-8-19-15/h1-8,14H. The summed E-state index contributed by atoms with van der Waals surface area (Å²) in [6.07, 6.45) is 0. The molecule has 0 N–H and O–H groups in total. The SMILES string of the molecule is Brc1ccsc1C(Br)c1ccc(Br)c2ccccc12. The molecule has 0 amide bonds. The Hall–Kier alpha value is -0.160. The molecule has 0 aliphatic rings. The summed E-state index contributed by atoms with van der Waals surface area (Å²) in [5.74, 6) is 0. The Labute approximate surface area is 141 Å². The summed E-state index contributed by atoms with van der Waals surface area (Å²) in [5, 5.41) is 4.63. The van der Waals surface area contributed by atoms with Crippen LogP contribution in [-0.2, 0) is 0 Å². The van der Waals surface area contributed by atoms with Gasteiger partial charge in [-0.2, -0.15) is 0 Å². The summed E-state index contributed by atoms with van der Waals surface area (Å²) in [5.41, 5.74) is 1.29. The van der Waals surface area contributed by atoms with Crippen LogP contribution in [0.2, 0.25) is 0 Å². The Bertz CT molecular complexity index is 733. The Morgan fingerprint density at radius 3 is 2.26 bits per heavy atom. The normalized spacial score (nSPS) is 12.8. The number of halogens is 3. The first-order valence-corrected chi connectivity index (χ1v) is 9.10. The lowest BCUT2D eigenvalue weighted by atomic mass is 10.0. The molecule has 0 nitrogen and oxygen atoms in total. The van der Waals surface area contributed by atoms with Crippen molar-refractivity contribution in [3.63, 3.8) is 0 Å². The second-order valence-corrected chi connectivity index (χ2v) is 7.75. The van der Waals surface area contributed by atoms with Crippen LogP contribution in [0.4, 0.5) is 0 Å². The van der Waals surface area contributed by atoms with Crippen LogP contribution < -0.4 is 0 Å². The van der Waals surface area contributed by atoms with Crippen LogP contribution in [0.3, 0.4) is 0 Å². The average molecular weight is 461 g/mol. The molecule has 0 saturated heterocycles. The van der Waals surface area contributed by atoms with E-state index in [9.17, 15) is 0 Å². The van der Waals surface area contributed by atoms with Gasteiger partial charge in [-0.15, -0.1) is 11.3 Å². The van der Waals surface area contributed by atoms with Crippen molar-refractivity contribution in [2.24, 2.45) is 0 Å². The van der Waals surface area contributed by atoms with Gasteiger partial charge in [0.1, 0.15) is 0 Å². The van der Waals surface area contributed by atoms with Gasteiger partial charge < -0.3 is 0 Å². The van der Waals surface area contributed by atoms with Gasteiger partial charge in [0.15, 0.2) is 0 Å². The lowest BCUT2D eigenvalue weighted by Gasteiger charge is -2.13. The van der Waals surface area contributed by atoms with Gasteiger partial charge in [-0.3, -0.25) is 0 Å². The molecule has 96 valence electrons. The summed E-state index contributed by atoms with van der Waals surface area (Å²) >= 11 is 12.8. The zero-order valence-electron chi connectivity index (χ0n) is 9.74. The Morgan fingerprint density at radius 2 is 1.58 bits per heavy atom. The van der Waals surface area contributed by atoms with Gasteiger partial charge >= 0.3 is 0 Å². The van der Waals surface area contributed by atoms with Gasteiger partial charge in [-0.05, 0) is 49.8 Å². The highest BCUT2D eigenvalue weighted by Crippen LogP contribution is 2.42. The van der Waals surface area contributed by atoms with Crippen LogP contribution >= 0.6 is 59.1 Å². The maximum absolute atomic E-state index is 3.83. The maximum atomic E-state index is 3.83. The van der Waals surface area contributed by atoms with Crippen molar-refractivity contribution in [3.05, 3.63) is 67.2 Å². The molecular weight excluding hydrogens is 452 g/mol. The van der Waals surface area contributed by atoms with Gasteiger partial charge in [0, 0.05) is 13.8 Å². The highest BCUT2D eigenvalue weighted by Gasteiger charge is 2.17. The quantitative estimate of drug-likeness (QED) is 0.364. The molecule has 2 aromatic carbocycles. The first-order valence-electron chi connectivity index (χ1n) is 5.72. The van der Waals surface area contributed by atoms with E-state index in [1.165, 1.54) is 21.2 Å². The number of hydrogen-bond donors (Lipinski definition) is 0. The highest BCUT2D eigenvalue weighted by atomic mass is 79.9. The highest BCUT2D eigenvalue weighted by molar-refractivity contribution is 9.11. The smallest absolute Gasteiger partial charge is 0.0755 e. The topological polar surface area (TPSA) is 0 Å². The third-order valence-electron chi connectivity index (χ3n) is 3.05. The van der Waals surface area contributed by atoms with E-state index < -0.39 is 0 Å². The number of fused-ring (bicyclic) bond motifs is 1. The van der Waals surface area contributed by atoms with Gasteiger partial charge in [0.2, 0.25) is 0 Å². The minimum Gasteiger partial charge on any atom is -0.146 e. The molecule has 0 spiro atoms. The van der Waals surface area contributed by atoms with Gasteiger partial charge in [-0.1, -0.05) is 62.2 Å². The molecule has 19 heavy (non-hydrogen) atoms. The van der Waals surface area contributed by atoms with Crippen LogP contribution in [-0.4, -0.2) is 0 Å². The minimum atomic E-state index is 0.208. The summed E-state index contributed by atoms with van der Waals surface area (Å²) < 4.78 is 2.29. The van der Waals surface area contributed by atoms with Gasteiger partial charge in [0.05, 0.1) is 4.83 Å². The molecule has 0 aliphatic heterocycles. The number of alkyl halides is 1. The molecular formula is C15H9Br3S. The molecule has 1 heterocycles. The van der Waals surface area contributed by atoms with E-state index in [-0.39, 0.29) is 4.83 Å². The monoisotopic (exact) mass is 458 g/mol. The number of benzene rings is 2. The van der Waals surface area contributed by atoms with E-state index in [2.05, 4.69) is 95.6 Å². The number of hydrogen-bond acceptors (Lipinski definition) is 1. The Balaban J connectivity index is 2.21. The van der Waals surface area contributed by atoms with E-state index in [0.29, 0.717) is 0 Å². The van der Waals surface area contributed by atoms with E-state index in [4.69, 9.17) is 0 Å². The van der Waals surface area contributed by atoms with Crippen LogP contribution in [0.25, 0.3) is 10.8 Å². The van der Waals surface area contributed by atoms with Crippen LogP contribution in [0.15, 0.2) is 56.8 Å². The molecule has 0 bridgehead atoms. The zero-order valence-corrected chi connectivity index (χ0v) is 15.3. The second-order valence-electron chi connectivity index (χ2n) is 4.18. The van der Waals surface area contributed by atoms with E-state index in [1.54, 1.807) is 11.3 Å². The minimum absolute atomic E-state index is 0.208. The molecule has 1 unspecified atom stereocenters. The largest absolute Gasteiger partial charge is 0.146 e. The lowest BCUT2D eigenvalue weighted by Crippen LogP contribution is -1.92. The average Bonchev–Trinajstić information content (AvgIpc) is 2.85. The fourth-order valence-electron chi connectivity index (χ4n) is 2.13. The first-order chi connectivity index (χ1) is 9.18. The zero-order chi connectivity index (χ0) is 13.4. The van der Waals surface area contributed by atoms with E-state index >= 15 is 0 Å². The third kappa shape index (κ3) is 2.56. The van der Waals surface area contributed by atoms with E-state index in [1.807, 2.05) is 0 Å². The van der Waals surface area contributed by atoms with Gasteiger partial charge in [0.25, 0.3) is 0 Å². The number of rotatable bonds is 2.